The molecule has 29 heavy (non-hydrogen) atoms. The van der Waals surface area contributed by atoms with E-state index in [2.05, 4.69) is 36.3 Å². The van der Waals surface area contributed by atoms with Crippen LogP contribution in [0.2, 0.25) is 0 Å². The molecule has 3 aromatic rings. The van der Waals surface area contributed by atoms with E-state index in [1.165, 1.54) is 0 Å². The number of hydrogen-bond acceptors (Lipinski definition) is 7. The van der Waals surface area contributed by atoms with Crippen molar-refractivity contribution in [1.29, 1.82) is 0 Å². The lowest BCUT2D eigenvalue weighted by Crippen LogP contribution is -2.30. The number of aliphatic imine (C=N–C) groups is 1. The van der Waals surface area contributed by atoms with Gasteiger partial charge in [0.25, 0.3) is 5.91 Å². The number of aromatic amines is 1. The fraction of sp³-hybridized carbons (Fsp3) is 0.150. The van der Waals surface area contributed by atoms with Crippen molar-refractivity contribution in [2.45, 2.75) is 6.92 Å². The summed E-state index contributed by atoms with van der Waals surface area (Å²) in [5.41, 5.74) is 6.42. The van der Waals surface area contributed by atoms with Crippen LogP contribution in [0.3, 0.4) is 0 Å². The number of carbonyl (C=O) groups is 1. The molecule has 0 radical (unpaired) electrons. The molecule has 4 rings (SSSR count). The Morgan fingerprint density at radius 2 is 2.00 bits per heavy atom. The number of nitrogens with one attached hydrogen (secondary N) is 4. The first-order chi connectivity index (χ1) is 14.1. The fourth-order valence-electron chi connectivity index (χ4n) is 3.01. The molecule has 1 aromatic heterocycles. The molecular formula is C20H19N7O2. The molecule has 1 amide bonds. The molecule has 9 nitrogen and oxygen atoms in total. The molecule has 1 aliphatic rings. The Labute approximate surface area is 166 Å². The molecule has 0 fully saturated rings. The number of anilines is 1. The molecule has 0 aliphatic carbocycles. The zero-order chi connectivity index (χ0) is 20.2. The SMILES string of the molecule is C/C(=N\NC1=NCCN1)c1ccc(NC(=O)c2cc3cccc(N=O)c3[nH]2)cc1. The summed E-state index contributed by atoms with van der Waals surface area (Å²) in [5, 5.41) is 14.0. The predicted octanol–water partition coefficient (Wildman–Crippen LogP) is 3.09. The monoisotopic (exact) mass is 389 g/mol. The Kier molecular flexibility index (Phi) is 5.02. The Morgan fingerprint density at radius 1 is 1.17 bits per heavy atom. The summed E-state index contributed by atoms with van der Waals surface area (Å²) in [4.78, 5) is 30.6. The number of guanidine groups is 1. The average molecular weight is 389 g/mol. The fourth-order valence-corrected chi connectivity index (χ4v) is 3.01. The third-order valence-electron chi connectivity index (χ3n) is 4.54. The van der Waals surface area contributed by atoms with Gasteiger partial charge in [-0.25, -0.2) is 10.4 Å². The van der Waals surface area contributed by atoms with Crippen LogP contribution in [0.25, 0.3) is 10.9 Å². The van der Waals surface area contributed by atoms with Crippen molar-refractivity contribution in [2.75, 3.05) is 18.4 Å². The van der Waals surface area contributed by atoms with Gasteiger partial charge in [-0.1, -0.05) is 24.3 Å². The number of hydrazone groups is 1. The van der Waals surface area contributed by atoms with Gasteiger partial charge in [-0.05, 0) is 41.9 Å². The maximum Gasteiger partial charge on any atom is 0.272 e. The third-order valence-corrected chi connectivity index (χ3v) is 4.54. The van der Waals surface area contributed by atoms with Crippen molar-refractivity contribution in [3.8, 4) is 0 Å². The van der Waals surface area contributed by atoms with Crippen molar-refractivity contribution in [3.05, 3.63) is 64.7 Å². The lowest BCUT2D eigenvalue weighted by Gasteiger charge is -2.06. The predicted molar refractivity (Wildman–Crippen MR) is 114 cm³/mol. The van der Waals surface area contributed by atoms with Crippen molar-refractivity contribution in [2.24, 2.45) is 15.3 Å². The van der Waals surface area contributed by atoms with E-state index in [1.807, 2.05) is 25.1 Å². The highest BCUT2D eigenvalue weighted by Crippen LogP contribution is 2.26. The van der Waals surface area contributed by atoms with Gasteiger partial charge in [0.05, 0.1) is 17.8 Å². The topological polar surface area (TPSA) is 123 Å². The second-order valence-electron chi connectivity index (χ2n) is 6.51. The van der Waals surface area contributed by atoms with Crippen molar-refractivity contribution in [3.63, 3.8) is 0 Å². The number of nitroso groups, excluding NO2 is 1. The van der Waals surface area contributed by atoms with Crippen molar-refractivity contribution in [1.82, 2.24) is 15.7 Å². The van der Waals surface area contributed by atoms with E-state index in [1.54, 1.807) is 30.3 Å². The minimum Gasteiger partial charge on any atom is -0.353 e. The smallest absolute Gasteiger partial charge is 0.272 e. The van der Waals surface area contributed by atoms with Gasteiger partial charge in [-0.2, -0.15) is 5.10 Å². The first kappa shape index (κ1) is 18.4. The van der Waals surface area contributed by atoms with Gasteiger partial charge in [0.1, 0.15) is 11.4 Å². The second-order valence-corrected chi connectivity index (χ2v) is 6.51. The molecule has 9 heteroatoms. The number of fused-ring (bicyclic) bond motifs is 1. The minimum absolute atomic E-state index is 0.271. The normalized spacial score (nSPS) is 13.7. The molecule has 4 N–H and O–H groups in total. The van der Waals surface area contributed by atoms with Crippen LogP contribution in [0.5, 0.6) is 0 Å². The lowest BCUT2D eigenvalue weighted by molar-refractivity contribution is 0.102. The maximum absolute atomic E-state index is 12.5. The Hall–Kier alpha value is -4.01. The number of amides is 1. The van der Waals surface area contributed by atoms with Gasteiger partial charge in [0.15, 0.2) is 0 Å². The first-order valence-corrected chi connectivity index (χ1v) is 9.09. The molecule has 2 heterocycles. The average Bonchev–Trinajstić information content (AvgIpc) is 3.42. The Morgan fingerprint density at radius 3 is 2.72 bits per heavy atom. The van der Waals surface area contributed by atoms with Gasteiger partial charge < -0.3 is 15.6 Å². The van der Waals surface area contributed by atoms with E-state index in [4.69, 9.17) is 0 Å². The lowest BCUT2D eigenvalue weighted by atomic mass is 10.1. The van der Waals surface area contributed by atoms with Crippen LogP contribution in [0.4, 0.5) is 11.4 Å². The van der Waals surface area contributed by atoms with Crippen LogP contribution in [0.1, 0.15) is 23.0 Å². The highest BCUT2D eigenvalue weighted by atomic mass is 16.3. The number of nitrogens with zero attached hydrogens (tertiary/aromatic N) is 3. The summed E-state index contributed by atoms with van der Waals surface area (Å²) >= 11 is 0. The summed E-state index contributed by atoms with van der Waals surface area (Å²) in [6.07, 6.45) is 0. The number of para-hydroxylation sites is 1. The van der Waals surface area contributed by atoms with E-state index in [9.17, 15) is 9.70 Å². The van der Waals surface area contributed by atoms with Crippen LogP contribution in [0.15, 0.2) is 63.8 Å². The van der Waals surface area contributed by atoms with Gasteiger partial charge >= 0.3 is 0 Å². The van der Waals surface area contributed by atoms with Gasteiger partial charge in [-0.3, -0.25) is 4.79 Å². The van der Waals surface area contributed by atoms with Gasteiger partial charge in [-0.15, -0.1) is 4.91 Å². The number of rotatable bonds is 5. The molecule has 1 aliphatic heterocycles. The number of H-pyrrole nitrogens is 1. The molecule has 0 unspecified atom stereocenters. The van der Waals surface area contributed by atoms with Crippen LogP contribution in [-0.2, 0) is 0 Å². The third kappa shape index (κ3) is 3.98. The molecule has 146 valence electrons. The standard InChI is InChI=1S/C20H19N7O2/c1-12(25-26-20-21-9-10-22-20)13-5-7-15(8-6-13)23-19(28)17-11-14-3-2-4-16(27-29)18(14)24-17/h2-8,11,24H,9-10H2,1H3,(H,23,28)(H2,21,22,26)/b25-12+. The van der Waals surface area contributed by atoms with Crippen molar-refractivity contribution < 1.29 is 4.79 Å². The highest BCUT2D eigenvalue weighted by Gasteiger charge is 2.12. The first-order valence-electron chi connectivity index (χ1n) is 9.09. The highest BCUT2D eigenvalue weighted by molar-refractivity contribution is 6.07. The maximum atomic E-state index is 12.5. The Bertz CT molecular complexity index is 1130. The van der Waals surface area contributed by atoms with Gasteiger partial charge in [0.2, 0.25) is 5.96 Å². The molecular weight excluding hydrogens is 370 g/mol. The molecule has 0 saturated heterocycles. The number of carbonyl (C=O) groups excluding carboxylic acids is 1. The zero-order valence-electron chi connectivity index (χ0n) is 15.7. The summed E-state index contributed by atoms with van der Waals surface area (Å²) in [6, 6.07) is 14.2. The van der Waals surface area contributed by atoms with E-state index in [0.717, 1.165) is 29.8 Å². The summed E-state index contributed by atoms with van der Waals surface area (Å²) in [5.74, 6) is 0.364. The molecule has 0 bridgehead atoms. The molecule has 2 aromatic carbocycles. The zero-order valence-corrected chi connectivity index (χ0v) is 15.7. The second kappa shape index (κ2) is 7.93. The van der Waals surface area contributed by atoms with E-state index in [0.29, 0.717) is 22.9 Å². The van der Waals surface area contributed by atoms with Crippen LogP contribution >= 0.6 is 0 Å². The molecule has 0 spiro atoms. The summed E-state index contributed by atoms with van der Waals surface area (Å²) in [7, 11) is 0. The van der Waals surface area contributed by atoms with Crippen molar-refractivity contribution >= 4 is 39.9 Å². The quantitative estimate of drug-likeness (QED) is 0.304. The summed E-state index contributed by atoms with van der Waals surface area (Å²) in [6.45, 7) is 3.45. The largest absolute Gasteiger partial charge is 0.353 e. The van der Waals surface area contributed by atoms with E-state index < -0.39 is 0 Å². The van der Waals surface area contributed by atoms with Crippen LogP contribution in [0, 0.1) is 4.91 Å². The van der Waals surface area contributed by atoms with E-state index in [-0.39, 0.29) is 11.6 Å². The number of aromatic nitrogens is 1. The Balaban J connectivity index is 1.45. The summed E-state index contributed by atoms with van der Waals surface area (Å²) < 4.78 is 0. The number of hydrogen-bond donors (Lipinski definition) is 4. The molecule has 0 saturated carbocycles. The molecule has 0 atom stereocenters. The van der Waals surface area contributed by atoms with Gasteiger partial charge in [0, 0.05) is 17.6 Å². The number of benzene rings is 2. The van der Waals surface area contributed by atoms with Crippen LogP contribution in [-0.4, -0.2) is 35.7 Å². The van der Waals surface area contributed by atoms with Crippen LogP contribution < -0.4 is 16.1 Å². The minimum atomic E-state index is -0.303. The van der Waals surface area contributed by atoms with E-state index >= 15 is 0 Å².